The molecule has 0 saturated carbocycles. The Balaban J connectivity index is 1.72. The van der Waals surface area contributed by atoms with Crippen molar-refractivity contribution in [3.63, 3.8) is 0 Å². The third-order valence-corrected chi connectivity index (χ3v) is 5.97. The van der Waals surface area contributed by atoms with E-state index in [0.717, 1.165) is 10.5 Å². The number of thioether (sulfide) groups is 1. The first-order valence-corrected chi connectivity index (χ1v) is 10.5. The molecule has 0 saturated heterocycles. The molecule has 3 aromatic rings. The van der Waals surface area contributed by atoms with Gasteiger partial charge in [0.25, 0.3) is 5.91 Å². The van der Waals surface area contributed by atoms with E-state index in [2.05, 4.69) is 5.32 Å². The molecule has 0 fully saturated rings. The zero-order valence-electron chi connectivity index (χ0n) is 15.3. The van der Waals surface area contributed by atoms with Crippen LogP contribution in [0.2, 0.25) is 10.0 Å². The van der Waals surface area contributed by atoms with Crippen molar-refractivity contribution in [1.82, 2.24) is 5.32 Å². The van der Waals surface area contributed by atoms with Crippen LogP contribution in [0.3, 0.4) is 0 Å². The number of amides is 2. The average molecular weight is 445 g/mol. The van der Waals surface area contributed by atoms with Gasteiger partial charge in [0.15, 0.2) is 0 Å². The highest BCUT2D eigenvalue weighted by Gasteiger charge is 2.20. The molecule has 0 aliphatic carbocycles. The first-order chi connectivity index (χ1) is 13.9. The lowest BCUT2D eigenvalue weighted by Crippen LogP contribution is -2.37. The van der Waals surface area contributed by atoms with Crippen molar-refractivity contribution < 1.29 is 9.59 Å². The van der Waals surface area contributed by atoms with E-state index in [1.54, 1.807) is 54.6 Å². The van der Waals surface area contributed by atoms with Crippen molar-refractivity contribution >= 4 is 46.8 Å². The third kappa shape index (κ3) is 5.76. The summed E-state index contributed by atoms with van der Waals surface area (Å²) in [6, 6.07) is 20.5. The molecule has 3 rings (SSSR count). The summed E-state index contributed by atoms with van der Waals surface area (Å²) >= 11 is 13.8. The summed E-state index contributed by atoms with van der Waals surface area (Å²) in [5.41, 5.74) is 7.50. The average Bonchev–Trinajstić information content (AvgIpc) is 2.73. The number of primary amides is 1. The van der Waals surface area contributed by atoms with E-state index >= 15 is 0 Å². The largest absolute Gasteiger partial charge is 0.368 e. The van der Waals surface area contributed by atoms with Gasteiger partial charge in [0.2, 0.25) is 5.91 Å². The first-order valence-electron chi connectivity index (χ1n) is 8.76. The maximum Gasteiger partial charge on any atom is 0.252 e. The van der Waals surface area contributed by atoms with Crippen LogP contribution in [0.5, 0.6) is 0 Å². The highest BCUT2D eigenvalue weighted by atomic mass is 35.5. The van der Waals surface area contributed by atoms with Gasteiger partial charge in [-0.1, -0.05) is 65.7 Å². The van der Waals surface area contributed by atoms with E-state index in [0.29, 0.717) is 26.9 Å². The molecular weight excluding hydrogens is 427 g/mol. The van der Waals surface area contributed by atoms with Crippen LogP contribution < -0.4 is 11.1 Å². The minimum absolute atomic E-state index is 0.370. The van der Waals surface area contributed by atoms with Gasteiger partial charge in [-0.3, -0.25) is 9.59 Å². The molecule has 0 radical (unpaired) electrons. The lowest BCUT2D eigenvalue weighted by atomic mass is 10.1. The fourth-order valence-corrected chi connectivity index (χ4v) is 4.17. The van der Waals surface area contributed by atoms with Crippen LogP contribution in [0.4, 0.5) is 0 Å². The third-order valence-electron chi connectivity index (χ3n) is 4.17. The number of carbonyl (C=O) groups excluding carboxylic acids is 2. The maximum absolute atomic E-state index is 12.7. The van der Waals surface area contributed by atoms with Crippen molar-refractivity contribution in [2.45, 2.75) is 16.7 Å². The molecule has 3 N–H and O–H groups in total. The van der Waals surface area contributed by atoms with Gasteiger partial charge in [-0.15, -0.1) is 11.8 Å². The number of hydrogen-bond acceptors (Lipinski definition) is 3. The molecule has 2 amide bonds. The van der Waals surface area contributed by atoms with Crippen molar-refractivity contribution in [3.05, 3.63) is 99.5 Å². The summed E-state index contributed by atoms with van der Waals surface area (Å²) in [6.07, 6.45) is 0. The summed E-state index contributed by atoms with van der Waals surface area (Å²) in [6.45, 7) is 0. The van der Waals surface area contributed by atoms with Crippen LogP contribution in [0.15, 0.2) is 77.7 Å². The summed E-state index contributed by atoms with van der Waals surface area (Å²) in [4.78, 5) is 25.4. The molecule has 0 spiro atoms. The van der Waals surface area contributed by atoms with Crippen LogP contribution in [0, 0.1) is 0 Å². The topological polar surface area (TPSA) is 72.2 Å². The van der Waals surface area contributed by atoms with Gasteiger partial charge in [-0.2, -0.15) is 0 Å². The minimum Gasteiger partial charge on any atom is -0.368 e. The second-order valence-electron chi connectivity index (χ2n) is 6.28. The van der Waals surface area contributed by atoms with Crippen molar-refractivity contribution in [3.8, 4) is 0 Å². The highest BCUT2D eigenvalue weighted by Crippen LogP contribution is 2.32. The van der Waals surface area contributed by atoms with E-state index in [9.17, 15) is 9.59 Å². The van der Waals surface area contributed by atoms with Crippen LogP contribution in [0.1, 0.15) is 27.5 Å². The normalized spacial score (nSPS) is 11.7. The second-order valence-corrected chi connectivity index (χ2v) is 8.14. The SMILES string of the molecule is NC(=O)C(NC(=O)c1cccc(CSc2cc(Cl)ccc2Cl)c1)c1ccccc1. The Bertz CT molecular complexity index is 1030. The number of hydrogen-bond donors (Lipinski definition) is 2. The maximum atomic E-state index is 12.7. The molecule has 0 bridgehead atoms. The lowest BCUT2D eigenvalue weighted by molar-refractivity contribution is -0.120. The highest BCUT2D eigenvalue weighted by molar-refractivity contribution is 7.98. The summed E-state index contributed by atoms with van der Waals surface area (Å²) < 4.78 is 0. The number of halogens is 2. The van der Waals surface area contributed by atoms with Gasteiger partial charge in [0.05, 0.1) is 5.02 Å². The molecule has 148 valence electrons. The standard InChI is InChI=1S/C22H18Cl2N2O2S/c23-17-9-10-18(24)19(12-17)29-13-14-5-4-8-16(11-14)22(28)26-20(21(25)27)15-6-2-1-3-7-15/h1-12,20H,13H2,(H2,25,27)(H,26,28). The zero-order valence-corrected chi connectivity index (χ0v) is 17.6. The first kappa shape index (κ1) is 21.2. The Morgan fingerprint density at radius 3 is 2.45 bits per heavy atom. The van der Waals surface area contributed by atoms with E-state index in [4.69, 9.17) is 28.9 Å². The van der Waals surface area contributed by atoms with Crippen molar-refractivity contribution in [1.29, 1.82) is 0 Å². The molecule has 1 unspecified atom stereocenters. The van der Waals surface area contributed by atoms with Gasteiger partial charge >= 0.3 is 0 Å². The smallest absolute Gasteiger partial charge is 0.252 e. The van der Waals surface area contributed by atoms with Crippen LogP contribution >= 0.6 is 35.0 Å². The van der Waals surface area contributed by atoms with Crippen LogP contribution in [-0.2, 0) is 10.5 Å². The molecule has 0 heterocycles. The minimum atomic E-state index is -0.896. The van der Waals surface area contributed by atoms with E-state index in [1.807, 2.05) is 18.2 Å². The molecule has 29 heavy (non-hydrogen) atoms. The Morgan fingerprint density at radius 2 is 1.72 bits per heavy atom. The molecule has 4 nitrogen and oxygen atoms in total. The Kier molecular flexibility index (Phi) is 7.20. The number of rotatable bonds is 7. The van der Waals surface area contributed by atoms with E-state index in [-0.39, 0.29) is 5.91 Å². The predicted octanol–water partition coefficient (Wildman–Crippen LogP) is 5.24. The van der Waals surface area contributed by atoms with E-state index < -0.39 is 11.9 Å². The molecule has 7 heteroatoms. The summed E-state index contributed by atoms with van der Waals surface area (Å²) in [7, 11) is 0. The number of nitrogens with two attached hydrogens (primary N) is 1. The van der Waals surface area contributed by atoms with Gasteiger partial charge in [-0.25, -0.2) is 0 Å². The Hall–Kier alpha value is -2.47. The van der Waals surface area contributed by atoms with E-state index in [1.165, 1.54) is 11.8 Å². The molecule has 1 atom stereocenters. The van der Waals surface area contributed by atoms with Crippen LogP contribution in [-0.4, -0.2) is 11.8 Å². The van der Waals surface area contributed by atoms with Gasteiger partial charge < -0.3 is 11.1 Å². The van der Waals surface area contributed by atoms with Gasteiger partial charge in [0, 0.05) is 21.2 Å². The quantitative estimate of drug-likeness (QED) is 0.489. The second kappa shape index (κ2) is 9.83. The number of carbonyl (C=O) groups is 2. The zero-order chi connectivity index (χ0) is 20.8. The monoisotopic (exact) mass is 444 g/mol. The van der Waals surface area contributed by atoms with Crippen molar-refractivity contribution in [2.24, 2.45) is 5.73 Å². The van der Waals surface area contributed by atoms with Gasteiger partial charge in [-0.05, 0) is 41.5 Å². The van der Waals surface area contributed by atoms with Crippen molar-refractivity contribution in [2.75, 3.05) is 0 Å². The van der Waals surface area contributed by atoms with Gasteiger partial charge in [0.1, 0.15) is 6.04 Å². The molecule has 0 aliphatic rings. The molecular formula is C22H18Cl2N2O2S. The number of benzene rings is 3. The predicted molar refractivity (Wildman–Crippen MR) is 118 cm³/mol. The Morgan fingerprint density at radius 1 is 0.966 bits per heavy atom. The molecule has 0 aromatic heterocycles. The Labute approximate surface area is 183 Å². The molecule has 3 aromatic carbocycles. The summed E-state index contributed by atoms with van der Waals surface area (Å²) in [5, 5.41) is 3.95. The van der Waals surface area contributed by atoms with Crippen LogP contribution in [0.25, 0.3) is 0 Å². The molecule has 0 aliphatic heterocycles. The fourth-order valence-electron chi connectivity index (χ4n) is 2.73. The summed E-state index contributed by atoms with van der Waals surface area (Å²) in [5.74, 6) is -0.379. The lowest BCUT2D eigenvalue weighted by Gasteiger charge is -2.16. The number of nitrogens with one attached hydrogen (secondary N) is 1. The fraction of sp³-hybridized carbons (Fsp3) is 0.0909.